The van der Waals surface area contributed by atoms with Gasteiger partial charge in [-0.05, 0) is 40.3 Å². The molecule has 0 unspecified atom stereocenters. The van der Waals surface area contributed by atoms with Crippen molar-refractivity contribution >= 4 is 44.7 Å². The Labute approximate surface area is 187 Å². The van der Waals surface area contributed by atoms with Crippen molar-refractivity contribution in [2.75, 3.05) is 6.54 Å². The van der Waals surface area contributed by atoms with Crippen LogP contribution in [0, 0.1) is 0 Å². The lowest BCUT2D eigenvalue weighted by molar-refractivity contribution is 0.583. The van der Waals surface area contributed by atoms with Gasteiger partial charge in [-0.25, -0.2) is 13.1 Å². The molecule has 0 saturated heterocycles. The number of halogens is 1. The van der Waals surface area contributed by atoms with Crippen LogP contribution in [0.2, 0.25) is 4.34 Å². The highest BCUT2D eigenvalue weighted by Crippen LogP contribution is 2.35. The van der Waals surface area contributed by atoms with E-state index in [4.69, 9.17) is 11.6 Å². The van der Waals surface area contributed by atoms with E-state index >= 15 is 0 Å². The molecule has 0 amide bonds. The van der Waals surface area contributed by atoms with E-state index in [-0.39, 0.29) is 16.0 Å². The van der Waals surface area contributed by atoms with Gasteiger partial charge in [0, 0.05) is 6.54 Å². The molecule has 0 aliphatic rings. The van der Waals surface area contributed by atoms with Gasteiger partial charge in [-0.1, -0.05) is 71.9 Å². The average Bonchev–Trinajstić information content (AvgIpc) is 3.42. The van der Waals surface area contributed by atoms with Gasteiger partial charge in [0.15, 0.2) is 0 Å². The third kappa shape index (κ3) is 4.90. The Balaban J connectivity index is 1.59. The maximum Gasteiger partial charge on any atom is 0.250 e. The van der Waals surface area contributed by atoms with Gasteiger partial charge in [-0.15, -0.1) is 16.4 Å². The molecule has 0 fully saturated rings. The van der Waals surface area contributed by atoms with Crippen LogP contribution < -0.4 is 4.72 Å². The summed E-state index contributed by atoms with van der Waals surface area (Å²) < 4.78 is 30.2. The number of hydrogen-bond acceptors (Lipinski definition) is 7. The van der Waals surface area contributed by atoms with Gasteiger partial charge in [0.25, 0.3) is 0 Å². The Bertz CT molecular complexity index is 1210. The number of para-hydroxylation sites is 1. The van der Waals surface area contributed by atoms with Crippen molar-refractivity contribution in [1.29, 1.82) is 0 Å². The topological polar surface area (TPSA) is 89.8 Å². The summed E-state index contributed by atoms with van der Waals surface area (Å²) in [6, 6.07) is 22.2. The minimum Gasteiger partial charge on any atom is -0.209 e. The fourth-order valence-electron chi connectivity index (χ4n) is 2.70. The van der Waals surface area contributed by atoms with Crippen LogP contribution in [0.3, 0.4) is 0 Å². The molecule has 11 heteroatoms. The van der Waals surface area contributed by atoms with Crippen LogP contribution in [-0.4, -0.2) is 35.2 Å². The number of rotatable bonds is 8. The van der Waals surface area contributed by atoms with Crippen molar-refractivity contribution in [3.63, 3.8) is 0 Å². The SMILES string of the molecule is O=S(=O)(NC[C@H](Sc1nnnn1-c1ccccc1)c1ccccc1)c1ccc(Cl)s1. The lowest BCUT2D eigenvalue weighted by Gasteiger charge is -2.17. The van der Waals surface area contributed by atoms with Gasteiger partial charge in [0.1, 0.15) is 4.21 Å². The quantitative estimate of drug-likeness (QED) is 0.383. The predicted molar refractivity (Wildman–Crippen MR) is 119 cm³/mol. The number of aromatic nitrogens is 4. The van der Waals surface area contributed by atoms with Gasteiger partial charge >= 0.3 is 0 Å². The van der Waals surface area contributed by atoms with E-state index in [2.05, 4.69) is 20.2 Å². The molecule has 7 nitrogen and oxygen atoms in total. The molecule has 0 aliphatic heterocycles. The standard InChI is InChI=1S/C19H16ClN5O2S3/c20-17-11-12-18(29-17)30(26,27)21-13-16(14-7-3-1-4-8-14)28-19-22-23-24-25(19)15-9-5-2-6-10-15/h1-12,16,21H,13H2/t16-/m0/s1. The van der Waals surface area contributed by atoms with E-state index in [0.717, 1.165) is 22.6 Å². The summed E-state index contributed by atoms with van der Waals surface area (Å²) >= 11 is 8.30. The predicted octanol–water partition coefficient (Wildman–Crippen LogP) is 4.19. The van der Waals surface area contributed by atoms with Crippen molar-refractivity contribution in [3.8, 4) is 5.69 Å². The largest absolute Gasteiger partial charge is 0.250 e. The molecule has 0 saturated carbocycles. The Hall–Kier alpha value is -2.24. The zero-order valence-electron chi connectivity index (χ0n) is 15.4. The molecule has 1 N–H and O–H groups in total. The average molecular weight is 478 g/mol. The highest BCUT2D eigenvalue weighted by Gasteiger charge is 2.23. The Morgan fingerprint density at radius 2 is 1.73 bits per heavy atom. The van der Waals surface area contributed by atoms with Crippen LogP contribution in [0.5, 0.6) is 0 Å². The zero-order valence-corrected chi connectivity index (χ0v) is 18.6. The number of hydrogen-bond donors (Lipinski definition) is 1. The summed E-state index contributed by atoms with van der Waals surface area (Å²) in [7, 11) is -3.67. The summed E-state index contributed by atoms with van der Waals surface area (Å²) in [4.78, 5) is 0. The third-order valence-corrected chi connectivity index (χ3v) is 8.47. The first-order valence-corrected chi connectivity index (χ1v) is 12.4. The van der Waals surface area contributed by atoms with Crippen LogP contribution in [0.1, 0.15) is 10.8 Å². The Morgan fingerprint density at radius 3 is 2.40 bits per heavy atom. The van der Waals surface area contributed by atoms with Gasteiger partial charge in [0.2, 0.25) is 15.2 Å². The number of tetrazole rings is 1. The second-order valence-corrected chi connectivity index (χ2v) is 11.0. The molecule has 154 valence electrons. The monoisotopic (exact) mass is 477 g/mol. The molecule has 0 radical (unpaired) electrons. The summed E-state index contributed by atoms with van der Waals surface area (Å²) in [5.41, 5.74) is 1.78. The van der Waals surface area contributed by atoms with Gasteiger partial charge in [0.05, 0.1) is 15.3 Å². The van der Waals surface area contributed by atoms with E-state index < -0.39 is 10.0 Å². The van der Waals surface area contributed by atoms with Crippen LogP contribution in [-0.2, 0) is 10.0 Å². The van der Waals surface area contributed by atoms with E-state index in [0.29, 0.717) is 9.49 Å². The molecule has 0 bridgehead atoms. The summed E-state index contributed by atoms with van der Waals surface area (Å²) in [6.45, 7) is 0.161. The second kappa shape index (κ2) is 9.27. The number of nitrogens with one attached hydrogen (secondary N) is 1. The summed E-state index contributed by atoms with van der Waals surface area (Å²) in [5.74, 6) is 0. The number of nitrogens with zero attached hydrogens (tertiary/aromatic N) is 4. The molecule has 1 atom stereocenters. The number of sulfonamides is 1. The lowest BCUT2D eigenvalue weighted by Crippen LogP contribution is -2.27. The van der Waals surface area contributed by atoms with Crippen LogP contribution in [0.4, 0.5) is 0 Å². The molecule has 2 aromatic carbocycles. The molecule has 0 aliphatic carbocycles. The minimum absolute atomic E-state index is 0.161. The number of thioether (sulfide) groups is 1. The zero-order chi connectivity index (χ0) is 21.0. The first kappa shape index (κ1) is 21.0. The van der Waals surface area contributed by atoms with Gasteiger partial charge in [-0.3, -0.25) is 0 Å². The molecular formula is C19H16ClN5O2S3. The van der Waals surface area contributed by atoms with Crippen LogP contribution in [0.15, 0.2) is 82.2 Å². The highest BCUT2D eigenvalue weighted by molar-refractivity contribution is 7.99. The summed E-state index contributed by atoms with van der Waals surface area (Å²) in [6.07, 6.45) is 0. The smallest absolute Gasteiger partial charge is 0.209 e. The molecule has 2 heterocycles. The van der Waals surface area contributed by atoms with Gasteiger partial charge < -0.3 is 0 Å². The highest BCUT2D eigenvalue weighted by atomic mass is 35.5. The van der Waals surface area contributed by atoms with E-state index in [1.807, 2.05) is 60.7 Å². The molecule has 4 aromatic rings. The van der Waals surface area contributed by atoms with E-state index in [1.54, 1.807) is 10.7 Å². The Kier molecular flexibility index (Phi) is 6.49. The first-order valence-electron chi connectivity index (χ1n) is 8.83. The van der Waals surface area contributed by atoms with E-state index in [9.17, 15) is 8.42 Å². The lowest BCUT2D eigenvalue weighted by atomic mass is 10.1. The minimum atomic E-state index is -3.67. The molecule has 30 heavy (non-hydrogen) atoms. The number of thiophene rings is 1. The maximum absolute atomic E-state index is 12.7. The maximum atomic E-state index is 12.7. The van der Waals surface area contributed by atoms with Crippen molar-refractivity contribution in [3.05, 3.63) is 82.7 Å². The first-order chi connectivity index (χ1) is 14.5. The normalized spacial score (nSPS) is 12.7. The molecule has 0 spiro atoms. The fourth-order valence-corrected chi connectivity index (χ4v) is 6.42. The molecule has 4 rings (SSSR count). The van der Waals surface area contributed by atoms with Crippen molar-refractivity contribution in [2.24, 2.45) is 0 Å². The molecule has 2 aromatic heterocycles. The van der Waals surface area contributed by atoms with Gasteiger partial charge in [-0.2, -0.15) is 4.68 Å². The van der Waals surface area contributed by atoms with Crippen molar-refractivity contribution < 1.29 is 8.42 Å². The Morgan fingerprint density at radius 1 is 1.03 bits per heavy atom. The van der Waals surface area contributed by atoms with Crippen LogP contribution >= 0.6 is 34.7 Å². The van der Waals surface area contributed by atoms with Crippen LogP contribution in [0.25, 0.3) is 5.69 Å². The third-order valence-electron chi connectivity index (χ3n) is 4.13. The second-order valence-electron chi connectivity index (χ2n) is 6.14. The number of benzene rings is 2. The van der Waals surface area contributed by atoms with E-state index in [1.165, 1.54) is 17.8 Å². The molecular weight excluding hydrogens is 462 g/mol. The fraction of sp³-hybridized carbons (Fsp3) is 0.105. The summed E-state index contributed by atoms with van der Waals surface area (Å²) in [5, 5.41) is 12.3. The van der Waals surface area contributed by atoms with Crippen molar-refractivity contribution in [2.45, 2.75) is 14.6 Å². The van der Waals surface area contributed by atoms with Crippen molar-refractivity contribution in [1.82, 2.24) is 24.9 Å².